The molecule has 1 fully saturated rings. The molecule has 1 saturated heterocycles. The van der Waals surface area contributed by atoms with Crippen molar-refractivity contribution in [2.75, 3.05) is 25.1 Å². The Kier molecular flexibility index (Phi) is 5.91. The van der Waals surface area contributed by atoms with Gasteiger partial charge in [-0.2, -0.15) is 0 Å². The average Bonchev–Trinajstić information content (AvgIpc) is 3.39. The van der Waals surface area contributed by atoms with Gasteiger partial charge in [-0.05, 0) is 23.8 Å². The van der Waals surface area contributed by atoms with Crippen LogP contribution in [0.4, 0.5) is 5.82 Å². The second-order valence-corrected chi connectivity index (χ2v) is 8.66. The van der Waals surface area contributed by atoms with Gasteiger partial charge in [-0.25, -0.2) is 19.9 Å². The zero-order valence-electron chi connectivity index (χ0n) is 19.9. The molecule has 0 saturated carbocycles. The van der Waals surface area contributed by atoms with E-state index in [1.165, 1.54) is 0 Å². The summed E-state index contributed by atoms with van der Waals surface area (Å²) in [5.41, 5.74) is 3.56. The van der Waals surface area contributed by atoms with Crippen LogP contribution in [0, 0.1) is 0 Å². The molecule has 1 aliphatic heterocycles. The molecular formula is C28H25N5O3. The largest absolute Gasteiger partial charge is 0.493 e. The minimum absolute atomic E-state index is 0.0162. The molecule has 8 nitrogen and oxygen atoms in total. The van der Waals surface area contributed by atoms with Crippen LogP contribution in [0.1, 0.15) is 12.0 Å². The van der Waals surface area contributed by atoms with E-state index in [4.69, 9.17) is 14.2 Å². The molecule has 0 aliphatic carbocycles. The van der Waals surface area contributed by atoms with E-state index in [2.05, 4.69) is 24.8 Å². The maximum absolute atomic E-state index is 6.19. The molecule has 0 spiro atoms. The molecule has 0 amide bonds. The van der Waals surface area contributed by atoms with Crippen LogP contribution in [0.3, 0.4) is 0 Å². The van der Waals surface area contributed by atoms with Gasteiger partial charge in [0.15, 0.2) is 11.5 Å². The molecule has 1 aliphatic rings. The van der Waals surface area contributed by atoms with Gasteiger partial charge in [0.05, 0.1) is 36.4 Å². The summed E-state index contributed by atoms with van der Waals surface area (Å²) >= 11 is 0. The third-order valence-electron chi connectivity index (χ3n) is 6.30. The number of aromatic nitrogens is 4. The van der Waals surface area contributed by atoms with Gasteiger partial charge in [-0.3, -0.25) is 0 Å². The summed E-state index contributed by atoms with van der Waals surface area (Å²) in [6, 6.07) is 21.7. The highest BCUT2D eigenvalue weighted by molar-refractivity contribution is 5.92. The maximum Gasteiger partial charge on any atom is 0.233 e. The first-order chi connectivity index (χ1) is 17.8. The Morgan fingerprint density at radius 3 is 2.58 bits per heavy atom. The Morgan fingerprint density at radius 2 is 1.72 bits per heavy atom. The van der Waals surface area contributed by atoms with Gasteiger partial charge in [0, 0.05) is 24.4 Å². The van der Waals surface area contributed by atoms with Gasteiger partial charge in [-0.15, -0.1) is 0 Å². The van der Waals surface area contributed by atoms with Crippen molar-refractivity contribution < 1.29 is 14.2 Å². The van der Waals surface area contributed by atoms with Crippen LogP contribution in [-0.4, -0.2) is 46.2 Å². The minimum Gasteiger partial charge on any atom is -0.493 e. The number of hydrogen-bond acceptors (Lipinski definition) is 8. The number of ether oxygens (including phenoxy) is 3. The second-order valence-electron chi connectivity index (χ2n) is 8.66. The topological polar surface area (TPSA) is 82.5 Å². The Morgan fingerprint density at radius 1 is 0.889 bits per heavy atom. The highest BCUT2D eigenvalue weighted by Gasteiger charge is 2.27. The van der Waals surface area contributed by atoms with Gasteiger partial charge in [0.1, 0.15) is 24.9 Å². The van der Waals surface area contributed by atoms with Crippen LogP contribution in [0.25, 0.3) is 21.9 Å². The van der Waals surface area contributed by atoms with Crippen LogP contribution < -0.4 is 19.1 Å². The number of nitrogens with zero attached hydrogens (tertiary/aromatic N) is 5. The molecule has 3 aromatic carbocycles. The van der Waals surface area contributed by atoms with Crippen LogP contribution >= 0.6 is 0 Å². The van der Waals surface area contributed by atoms with E-state index < -0.39 is 0 Å². The standard InChI is InChI=1S/C28H25N5O3/c1-34-25-14-24-21(13-26(25)35-17-19-7-3-2-4-8-19)28(31-18-30-24)33-12-11-20(16-33)36-27-15-29-22-9-5-6-10-23(22)32-27/h2-10,13-15,18,20H,11-12,16-17H2,1H3. The van der Waals surface area contributed by atoms with Gasteiger partial charge in [-0.1, -0.05) is 42.5 Å². The van der Waals surface area contributed by atoms with Crippen LogP contribution in [0.2, 0.25) is 0 Å². The molecule has 180 valence electrons. The fourth-order valence-corrected chi connectivity index (χ4v) is 4.49. The Hall–Kier alpha value is -4.46. The SMILES string of the molecule is COc1cc2ncnc(N3CCC(Oc4cnc5ccccc5n4)C3)c2cc1OCc1ccccc1. The lowest BCUT2D eigenvalue weighted by atomic mass is 10.2. The summed E-state index contributed by atoms with van der Waals surface area (Å²) in [6.45, 7) is 1.94. The molecule has 5 aromatic rings. The number of benzene rings is 3. The van der Waals surface area contributed by atoms with Crippen molar-refractivity contribution in [1.82, 2.24) is 19.9 Å². The summed E-state index contributed by atoms with van der Waals surface area (Å²) in [7, 11) is 1.64. The van der Waals surface area contributed by atoms with Gasteiger partial charge in [0.2, 0.25) is 5.88 Å². The van der Waals surface area contributed by atoms with Crippen molar-refractivity contribution in [2.24, 2.45) is 0 Å². The first-order valence-corrected chi connectivity index (χ1v) is 11.9. The Bertz CT molecular complexity index is 1510. The smallest absolute Gasteiger partial charge is 0.233 e. The predicted molar refractivity (Wildman–Crippen MR) is 138 cm³/mol. The molecule has 0 bridgehead atoms. The summed E-state index contributed by atoms with van der Waals surface area (Å²) in [5, 5.41) is 0.910. The fourth-order valence-electron chi connectivity index (χ4n) is 4.49. The molecule has 2 aromatic heterocycles. The third kappa shape index (κ3) is 4.45. The first kappa shape index (κ1) is 22.0. The van der Waals surface area contributed by atoms with Gasteiger partial charge in [0.25, 0.3) is 0 Å². The number of rotatable bonds is 7. The fraction of sp³-hybridized carbons (Fsp3) is 0.214. The van der Waals surface area contributed by atoms with Crippen molar-refractivity contribution in [3.8, 4) is 17.4 Å². The van der Waals surface area contributed by atoms with E-state index in [0.717, 1.165) is 46.3 Å². The number of methoxy groups -OCH3 is 1. The highest BCUT2D eigenvalue weighted by atomic mass is 16.5. The van der Waals surface area contributed by atoms with Crippen LogP contribution in [0.15, 0.2) is 79.3 Å². The van der Waals surface area contributed by atoms with Crippen molar-refractivity contribution in [1.29, 1.82) is 0 Å². The van der Waals surface area contributed by atoms with Crippen LogP contribution in [-0.2, 0) is 6.61 Å². The monoisotopic (exact) mass is 479 g/mol. The van der Waals surface area contributed by atoms with Crippen molar-refractivity contribution in [3.05, 3.63) is 84.8 Å². The van der Waals surface area contributed by atoms with Crippen molar-refractivity contribution >= 4 is 27.8 Å². The van der Waals surface area contributed by atoms with E-state index >= 15 is 0 Å². The van der Waals surface area contributed by atoms with Crippen molar-refractivity contribution in [3.63, 3.8) is 0 Å². The molecular weight excluding hydrogens is 454 g/mol. The summed E-state index contributed by atoms with van der Waals surface area (Å²) in [5.74, 6) is 2.68. The number of hydrogen-bond donors (Lipinski definition) is 0. The normalized spacial score (nSPS) is 15.4. The highest BCUT2D eigenvalue weighted by Crippen LogP contribution is 2.36. The Labute approximate surface area is 208 Å². The van der Waals surface area contributed by atoms with Gasteiger partial charge >= 0.3 is 0 Å². The number of fused-ring (bicyclic) bond motifs is 2. The molecule has 1 atom stereocenters. The van der Waals surface area contributed by atoms with E-state index in [-0.39, 0.29) is 6.10 Å². The Balaban J connectivity index is 1.23. The van der Waals surface area contributed by atoms with Crippen LogP contribution in [0.5, 0.6) is 17.4 Å². The molecule has 1 unspecified atom stereocenters. The van der Waals surface area contributed by atoms with E-state index in [0.29, 0.717) is 30.5 Å². The average molecular weight is 480 g/mol. The molecule has 6 rings (SSSR count). The third-order valence-corrected chi connectivity index (χ3v) is 6.30. The zero-order valence-corrected chi connectivity index (χ0v) is 19.9. The first-order valence-electron chi connectivity index (χ1n) is 11.9. The number of anilines is 1. The predicted octanol–water partition coefficient (Wildman–Crippen LogP) is 4.82. The lowest BCUT2D eigenvalue weighted by molar-refractivity contribution is 0.216. The minimum atomic E-state index is -0.0162. The maximum atomic E-state index is 6.19. The summed E-state index contributed by atoms with van der Waals surface area (Å²) in [4.78, 5) is 20.4. The van der Waals surface area contributed by atoms with Crippen molar-refractivity contribution in [2.45, 2.75) is 19.1 Å². The van der Waals surface area contributed by atoms with Gasteiger partial charge < -0.3 is 19.1 Å². The molecule has 3 heterocycles. The molecule has 8 heteroatoms. The number of para-hydroxylation sites is 2. The van der Waals surface area contributed by atoms with E-state index in [1.807, 2.05) is 66.7 Å². The van der Waals surface area contributed by atoms with E-state index in [9.17, 15) is 0 Å². The molecule has 0 N–H and O–H groups in total. The summed E-state index contributed by atoms with van der Waals surface area (Å²) in [6.07, 6.45) is 4.11. The lowest BCUT2D eigenvalue weighted by Gasteiger charge is -2.20. The summed E-state index contributed by atoms with van der Waals surface area (Å²) < 4.78 is 17.9. The van der Waals surface area contributed by atoms with E-state index in [1.54, 1.807) is 19.6 Å². The molecule has 36 heavy (non-hydrogen) atoms. The quantitative estimate of drug-likeness (QED) is 0.329. The zero-order chi connectivity index (χ0) is 24.3. The second kappa shape index (κ2) is 9.65. The molecule has 0 radical (unpaired) electrons. The lowest BCUT2D eigenvalue weighted by Crippen LogP contribution is -2.25.